The molecule has 4 unspecified atom stereocenters. The molecule has 0 spiro atoms. The van der Waals surface area contributed by atoms with E-state index in [2.05, 4.69) is 83.7 Å². The molecular weight excluding hydrogens is 601 g/mol. The summed E-state index contributed by atoms with van der Waals surface area (Å²) in [5.74, 6) is 9.29. The number of rotatable bonds is 19. The highest BCUT2D eigenvalue weighted by atomic mass is 32.2. The average molecular weight is 643 g/mol. The van der Waals surface area contributed by atoms with Crippen LogP contribution in [0.3, 0.4) is 0 Å². The van der Waals surface area contributed by atoms with Crippen molar-refractivity contribution < 1.29 is 9.59 Å². The molecule has 0 N–H and O–H groups in total. The van der Waals surface area contributed by atoms with Gasteiger partial charge in [0.05, 0.1) is 9.16 Å². The average Bonchev–Trinajstić information content (AvgIpc) is 3.50. The third-order valence-corrected chi connectivity index (χ3v) is 17.9. The minimum atomic E-state index is 0.151. The second kappa shape index (κ2) is 20.5. The Hall–Kier alpha value is 1.62. The highest BCUT2D eigenvalue weighted by Gasteiger charge is 2.27. The first-order valence-corrected chi connectivity index (χ1v) is 21.0. The lowest BCUT2D eigenvalue weighted by atomic mass is 10.1. The van der Waals surface area contributed by atoms with E-state index < -0.39 is 0 Å². The number of hydrogen-bond acceptors (Lipinski definition) is 10. The van der Waals surface area contributed by atoms with Crippen molar-refractivity contribution in [3.63, 3.8) is 0 Å². The first-order chi connectivity index (χ1) is 17.3. The molecule has 0 bridgehead atoms. The van der Waals surface area contributed by atoms with E-state index in [-0.39, 0.29) is 10.2 Å². The van der Waals surface area contributed by atoms with E-state index in [1.807, 2.05) is 0 Å². The van der Waals surface area contributed by atoms with Crippen molar-refractivity contribution in [2.75, 3.05) is 46.0 Å². The normalized spacial score (nSPS) is 23.7. The van der Waals surface area contributed by atoms with Gasteiger partial charge in [0.15, 0.2) is 0 Å². The lowest BCUT2D eigenvalue weighted by Gasteiger charge is -2.10. The second-order valence-corrected chi connectivity index (χ2v) is 19.4. The smallest absolute Gasteiger partial charge is 0.214 e. The summed E-state index contributed by atoms with van der Waals surface area (Å²) < 4.78 is 1.41. The molecule has 0 aromatic heterocycles. The molecular formula is C26H42O2S8. The summed E-state index contributed by atoms with van der Waals surface area (Å²) in [6, 6.07) is 0. The monoisotopic (exact) mass is 642 g/mol. The van der Waals surface area contributed by atoms with Gasteiger partial charge in [0.25, 0.3) is 0 Å². The molecule has 2 aliphatic heterocycles. The van der Waals surface area contributed by atoms with Gasteiger partial charge >= 0.3 is 0 Å². The van der Waals surface area contributed by atoms with Crippen molar-refractivity contribution in [3.8, 4) is 0 Å². The van der Waals surface area contributed by atoms with Crippen LogP contribution in [0.25, 0.3) is 0 Å². The minimum Gasteiger partial charge on any atom is -0.282 e. The Morgan fingerprint density at radius 3 is 1.44 bits per heavy atom. The molecule has 0 saturated carbocycles. The van der Waals surface area contributed by atoms with Gasteiger partial charge in [-0.05, 0) is 49.3 Å². The molecule has 0 aromatic carbocycles. The fourth-order valence-corrected chi connectivity index (χ4v) is 15.3. The molecule has 2 aliphatic rings. The lowest BCUT2D eigenvalue weighted by molar-refractivity contribution is -0.108. The van der Waals surface area contributed by atoms with E-state index >= 15 is 0 Å². The van der Waals surface area contributed by atoms with Gasteiger partial charge in [0, 0.05) is 45.0 Å². The van der Waals surface area contributed by atoms with Crippen molar-refractivity contribution in [2.45, 2.75) is 72.0 Å². The Morgan fingerprint density at radius 1 is 0.667 bits per heavy atom. The quantitative estimate of drug-likeness (QED) is 0.101. The molecule has 2 saturated heterocycles. The van der Waals surface area contributed by atoms with Gasteiger partial charge in [-0.2, -0.15) is 23.5 Å². The van der Waals surface area contributed by atoms with Gasteiger partial charge in [0.2, 0.25) is 10.2 Å². The van der Waals surface area contributed by atoms with Crippen LogP contribution in [0.5, 0.6) is 0 Å². The van der Waals surface area contributed by atoms with E-state index in [0.29, 0.717) is 30.8 Å². The minimum absolute atomic E-state index is 0.151. The lowest BCUT2D eigenvalue weighted by Crippen LogP contribution is -2.08. The van der Waals surface area contributed by atoms with Crippen molar-refractivity contribution in [3.05, 3.63) is 24.3 Å². The van der Waals surface area contributed by atoms with Gasteiger partial charge in [-0.25, -0.2) is 0 Å². The summed E-state index contributed by atoms with van der Waals surface area (Å²) in [4.78, 5) is 23.4. The highest BCUT2D eigenvalue weighted by molar-refractivity contribution is 8.23. The molecule has 36 heavy (non-hydrogen) atoms. The standard InChI is InChI=1S/C26H42O2S8/c1-19(2)25(27)33-15-21-13-31-23(35-21)17-29-11-9-7-5-6-8-10-12-30-18-24-32-14-22(36-24)16-34-26(28)20(3)4/h21-24H,1,3,5-18H2,2,4H3. The van der Waals surface area contributed by atoms with Gasteiger partial charge in [-0.1, -0.05) is 62.4 Å². The van der Waals surface area contributed by atoms with Crippen LogP contribution in [0.1, 0.15) is 52.4 Å². The van der Waals surface area contributed by atoms with Crippen molar-refractivity contribution >= 4 is 104 Å². The molecule has 0 amide bonds. The second-order valence-electron chi connectivity index (χ2n) is 9.07. The molecule has 10 heteroatoms. The SMILES string of the molecule is C=C(C)C(=O)SCC1CSC(CSCCCCCCCCSCC2SCC(CSC(=O)C(=C)C)S2)S1. The Bertz CT molecular complexity index is 643. The van der Waals surface area contributed by atoms with Crippen LogP contribution in [-0.2, 0) is 9.59 Å². The Morgan fingerprint density at radius 2 is 1.06 bits per heavy atom. The van der Waals surface area contributed by atoms with Gasteiger partial charge < -0.3 is 0 Å². The van der Waals surface area contributed by atoms with E-state index in [0.717, 1.165) is 11.5 Å². The Balaban J connectivity index is 1.32. The van der Waals surface area contributed by atoms with E-state index in [1.54, 1.807) is 13.8 Å². The predicted molar refractivity (Wildman–Crippen MR) is 182 cm³/mol. The van der Waals surface area contributed by atoms with Crippen LogP contribution in [0.15, 0.2) is 24.3 Å². The molecule has 4 atom stereocenters. The number of unbranched alkanes of at least 4 members (excludes halogenated alkanes) is 5. The number of carbonyl (C=O) groups excluding carboxylic acids is 2. The summed E-state index contributed by atoms with van der Waals surface area (Å²) in [5, 5.41) is 1.53. The van der Waals surface area contributed by atoms with Gasteiger partial charge in [-0.15, -0.1) is 47.0 Å². The Kier molecular flexibility index (Phi) is 19.3. The predicted octanol–water partition coefficient (Wildman–Crippen LogP) is 8.81. The first-order valence-electron chi connectivity index (χ1n) is 12.7. The number of hydrogen-bond donors (Lipinski definition) is 0. The zero-order chi connectivity index (χ0) is 26.2. The summed E-state index contributed by atoms with van der Waals surface area (Å²) in [6.45, 7) is 11.1. The van der Waals surface area contributed by atoms with Crippen molar-refractivity contribution in [1.29, 1.82) is 0 Å². The van der Waals surface area contributed by atoms with Crippen LogP contribution in [0.2, 0.25) is 0 Å². The molecule has 0 aliphatic carbocycles. The highest BCUT2D eigenvalue weighted by Crippen LogP contribution is 2.42. The van der Waals surface area contributed by atoms with Crippen LogP contribution >= 0.6 is 94.1 Å². The summed E-state index contributed by atoms with van der Waals surface area (Å²) >= 11 is 15.4. The number of thioether (sulfide) groups is 8. The molecule has 2 nitrogen and oxygen atoms in total. The summed E-state index contributed by atoms with van der Waals surface area (Å²) in [5.41, 5.74) is 1.33. The molecule has 2 rings (SSSR count). The number of carbonyl (C=O) groups is 2. The zero-order valence-corrected chi connectivity index (χ0v) is 28.2. The fraction of sp³-hybridized carbons (Fsp3) is 0.769. The molecule has 0 radical (unpaired) electrons. The third kappa shape index (κ3) is 15.4. The maximum Gasteiger partial charge on any atom is 0.214 e. The van der Waals surface area contributed by atoms with Crippen LogP contribution in [0, 0.1) is 0 Å². The maximum absolute atomic E-state index is 11.7. The van der Waals surface area contributed by atoms with Crippen LogP contribution in [-0.4, -0.2) is 75.9 Å². The largest absolute Gasteiger partial charge is 0.282 e. The van der Waals surface area contributed by atoms with Crippen LogP contribution in [0.4, 0.5) is 0 Å². The first kappa shape index (κ1) is 33.8. The van der Waals surface area contributed by atoms with Gasteiger partial charge in [-0.3, -0.25) is 9.59 Å². The summed E-state index contributed by atoms with van der Waals surface area (Å²) in [7, 11) is 0. The fourth-order valence-electron chi connectivity index (χ4n) is 3.42. The third-order valence-electron chi connectivity index (χ3n) is 5.46. The topological polar surface area (TPSA) is 34.1 Å². The molecule has 2 fully saturated rings. The van der Waals surface area contributed by atoms with Crippen molar-refractivity contribution in [1.82, 2.24) is 0 Å². The van der Waals surface area contributed by atoms with E-state index in [9.17, 15) is 9.59 Å². The van der Waals surface area contributed by atoms with Crippen LogP contribution < -0.4 is 0 Å². The van der Waals surface area contributed by atoms with Crippen molar-refractivity contribution in [2.24, 2.45) is 0 Å². The maximum atomic E-state index is 11.7. The molecule has 2 heterocycles. The summed E-state index contributed by atoms with van der Waals surface area (Å²) in [6.07, 6.45) is 8.20. The molecule has 0 aromatic rings. The Labute approximate surface area is 254 Å². The van der Waals surface area contributed by atoms with E-state index in [1.165, 1.54) is 96.6 Å². The zero-order valence-electron chi connectivity index (χ0n) is 21.7. The molecule has 206 valence electrons. The van der Waals surface area contributed by atoms with Gasteiger partial charge in [0.1, 0.15) is 0 Å². The van der Waals surface area contributed by atoms with E-state index in [4.69, 9.17) is 0 Å².